The highest BCUT2D eigenvalue weighted by Gasteiger charge is 2.48. The molecule has 0 bridgehead atoms. The van der Waals surface area contributed by atoms with E-state index in [1.54, 1.807) is 0 Å². The molecule has 0 radical (unpaired) electrons. The summed E-state index contributed by atoms with van der Waals surface area (Å²) < 4.78 is 4.85. The molecule has 0 spiro atoms. The van der Waals surface area contributed by atoms with Crippen molar-refractivity contribution in [3.63, 3.8) is 0 Å². The second-order valence-electron chi connectivity index (χ2n) is 5.25. The molecule has 1 unspecified atom stereocenters. The summed E-state index contributed by atoms with van der Waals surface area (Å²) in [5, 5.41) is 1.45. The van der Waals surface area contributed by atoms with Gasteiger partial charge in [-0.15, -0.1) is 0 Å². The Balaban J connectivity index is 2.69. The third-order valence-corrected chi connectivity index (χ3v) is 5.17. The van der Waals surface area contributed by atoms with Gasteiger partial charge >= 0.3 is 5.97 Å². The standard InChI is InChI=1S/C12H22O2Si/c1-6-7-8-9-10(12(13)14-2)11(9)15(3,4)5/h10H,6-8H2,1-5H3. The van der Waals surface area contributed by atoms with Gasteiger partial charge in [0.05, 0.1) is 21.1 Å². The first-order valence-electron chi connectivity index (χ1n) is 5.74. The predicted octanol–water partition coefficient (Wildman–Crippen LogP) is 3.15. The highest BCUT2D eigenvalue weighted by Crippen LogP contribution is 2.48. The number of hydrogen-bond acceptors (Lipinski definition) is 2. The van der Waals surface area contributed by atoms with Crippen molar-refractivity contribution in [2.45, 2.75) is 45.8 Å². The summed E-state index contributed by atoms with van der Waals surface area (Å²) in [6.45, 7) is 9.09. The van der Waals surface area contributed by atoms with Crippen molar-refractivity contribution >= 4 is 14.0 Å². The van der Waals surface area contributed by atoms with Gasteiger partial charge in [-0.1, -0.05) is 43.8 Å². The molecule has 0 fully saturated rings. The van der Waals surface area contributed by atoms with E-state index >= 15 is 0 Å². The van der Waals surface area contributed by atoms with Crippen molar-refractivity contribution in [1.82, 2.24) is 0 Å². The summed E-state index contributed by atoms with van der Waals surface area (Å²) in [5.41, 5.74) is 1.39. The number of carbonyl (C=O) groups is 1. The molecule has 0 N–H and O–H groups in total. The monoisotopic (exact) mass is 226 g/mol. The Morgan fingerprint density at radius 2 is 2.00 bits per heavy atom. The summed E-state index contributed by atoms with van der Waals surface area (Å²) in [4.78, 5) is 11.6. The summed E-state index contributed by atoms with van der Waals surface area (Å²) in [5.74, 6) is 0.0201. The lowest BCUT2D eigenvalue weighted by molar-refractivity contribution is -0.141. The fourth-order valence-corrected chi connectivity index (χ4v) is 4.52. The molecule has 0 heterocycles. The number of esters is 1. The van der Waals surface area contributed by atoms with Crippen LogP contribution in [-0.2, 0) is 9.53 Å². The van der Waals surface area contributed by atoms with Crippen LogP contribution in [0.4, 0.5) is 0 Å². The molecule has 0 saturated heterocycles. The van der Waals surface area contributed by atoms with Crippen LogP contribution in [0.3, 0.4) is 0 Å². The summed E-state index contributed by atoms with van der Waals surface area (Å²) in [7, 11) is 0.186. The molecule has 15 heavy (non-hydrogen) atoms. The zero-order valence-corrected chi connectivity index (χ0v) is 11.5. The Kier molecular flexibility index (Phi) is 3.76. The van der Waals surface area contributed by atoms with E-state index in [1.165, 1.54) is 30.7 Å². The van der Waals surface area contributed by atoms with Crippen LogP contribution in [0.25, 0.3) is 0 Å². The molecule has 0 aromatic heterocycles. The number of unbranched alkanes of at least 4 members (excludes halogenated alkanes) is 1. The second-order valence-corrected chi connectivity index (χ2v) is 10.3. The molecule has 0 aromatic rings. The zero-order valence-electron chi connectivity index (χ0n) is 10.5. The van der Waals surface area contributed by atoms with Gasteiger partial charge in [0.25, 0.3) is 0 Å². The van der Waals surface area contributed by atoms with Gasteiger partial charge in [-0.2, -0.15) is 0 Å². The second kappa shape index (κ2) is 4.52. The number of methoxy groups -OCH3 is 1. The van der Waals surface area contributed by atoms with E-state index in [9.17, 15) is 4.79 Å². The fourth-order valence-electron chi connectivity index (χ4n) is 2.21. The van der Waals surface area contributed by atoms with Gasteiger partial charge in [0.1, 0.15) is 0 Å². The zero-order chi connectivity index (χ0) is 11.6. The molecule has 0 amide bonds. The molecule has 0 saturated carbocycles. The quantitative estimate of drug-likeness (QED) is 0.532. The summed E-state index contributed by atoms with van der Waals surface area (Å²) in [6, 6.07) is 0. The molecule has 1 aliphatic carbocycles. The summed E-state index contributed by atoms with van der Waals surface area (Å²) in [6.07, 6.45) is 3.48. The van der Waals surface area contributed by atoms with E-state index in [0.29, 0.717) is 0 Å². The molecule has 0 aliphatic heterocycles. The first-order chi connectivity index (χ1) is 6.93. The molecule has 1 rings (SSSR count). The van der Waals surface area contributed by atoms with Gasteiger partial charge in [-0.3, -0.25) is 4.79 Å². The SMILES string of the molecule is CCCCC1=C([Si](C)(C)C)C1C(=O)OC. The maximum Gasteiger partial charge on any atom is 0.316 e. The average molecular weight is 226 g/mol. The van der Waals surface area contributed by atoms with Crippen LogP contribution in [0.2, 0.25) is 19.6 Å². The molecule has 86 valence electrons. The highest BCUT2D eigenvalue weighted by atomic mass is 28.3. The van der Waals surface area contributed by atoms with Crippen LogP contribution in [0.15, 0.2) is 10.8 Å². The minimum absolute atomic E-state index is 0.0430. The maximum atomic E-state index is 11.6. The molecular weight excluding hydrogens is 204 g/mol. The largest absolute Gasteiger partial charge is 0.468 e. The van der Waals surface area contributed by atoms with Crippen molar-refractivity contribution < 1.29 is 9.53 Å². The summed E-state index contributed by atoms with van der Waals surface area (Å²) >= 11 is 0. The van der Waals surface area contributed by atoms with Gasteiger partial charge in [0, 0.05) is 0 Å². The molecule has 3 heteroatoms. The van der Waals surface area contributed by atoms with Crippen molar-refractivity contribution in [2.24, 2.45) is 5.92 Å². The molecule has 2 nitrogen and oxygen atoms in total. The average Bonchev–Trinajstić information content (AvgIpc) is 2.87. The molecular formula is C12H22O2Si. The van der Waals surface area contributed by atoms with Crippen molar-refractivity contribution in [2.75, 3.05) is 7.11 Å². The fraction of sp³-hybridized carbons (Fsp3) is 0.750. The number of hydrogen-bond donors (Lipinski definition) is 0. The topological polar surface area (TPSA) is 26.3 Å². The molecule has 1 aliphatic rings. The van der Waals surface area contributed by atoms with Crippen molar-refractivity contribution in [1.29, 1.82) is 0 Å². The van der Waals surface area contributed by atoms with E-state index in [2.05, 4.69) is 26.6 Å². The van der Waals surface area contributed by atoms with Crippen LogP contribution >= 0.6 is 0 Å². The lowest BCUT2D eigenvalue weighted by atomic mass is 10.1. The maximum absolute atomic E-state index is 11.6. The van der Waals surface area contributed by atoms with Gasteiger partial charge < -0.3 is 4.74 Å². The van der Waals surface area contributed by atoms with Gasteiger partial charge in [-0.05, 0) is 12.8 Å². The minimum atomic E-state index is -1.30. The Bertz CT molecular complexity index is 286. The third-order valence-electron chi connectivity index (χ3n) is 2.94. The number of ether oxygens (including phenoxy) is 1. The van der Waals surface area contributed by atoms with E-state index < -0.39 is 8.07 Å². The van der Waals surface area contributed by atoms with E-state index in [4.69, 9.17) is 4.74 Å². The van der Waals surface area contributed by atoms with E-state index in [1.807, 2.05) is 0 Å². The van der Waals surface area contributed by atoms with Gasteiger partial charge in [0.15, 0.2) is 0 Å². The minimum Gasteiger partial charge on any atom is -0.468 e. The first kappa shape index (κ1) is 12.5. The van der Waals surface area contributed by atoms with Crippen LogP contribution in [-0.4, -0.2) is 21.2 Å². The van der Waals surface area contributed by atoms with Crippen LogP contribution < -0.4 is 0 Å². The van der Waals surface area contributed by atoms with Gasteiger partial charge in [0.2, 0.25) is 0 Å². The Hall–Kier alpha value is -0.573. The highest BCUT2D eigenvalue weighted by molar-refractivity contribution is 6.84. The lowest BCUT2D eigenvalue weighted by Gasteiger charge is -2.12. The first-order valence-corrected chi connectivity index (χ1v) is 9.24. The molecule has 1 atom stereocenters. The third kappa shape index (κ3) is 2.71. The van der Waals surface area contributed by atoms with Crippen LogP contribution in [0, 0.1) is 5.92 Å². The predicted molar refractivity (Wildman–Crippen MR) is 65.4 cm³/mol. The lowest BCUT2D eigenvalue weighted by Crippen LogP contribution is -2.22. The van der Waals surface area contributed by atoms with Crippen molar-refractivity contribution in [3.8, 4) is 0 Å². The molecule has 0 aromatic carbocycles. The Labute approximate surface area is 93.7 Å². The van der Waals surface area contributed by atoms with Crippen molar-refractivity contribution in [3.05, 3.63) is 10.8 Å². The Morgan fingerprint density at radius 3 is 2.40 bits per heavy atom. The van der Waals surface area contributed by atoms with E-state index in [-0.39, 0.29) is 11.9 Å². The number of rotatable bonds is 5. The van der Waals surface area contributed by atoms with Crippen LogP contribution in [0.5, 0.6) is 0 Å². The van der Waals surface area contributed by atoms with E-state index in [0.717, 1.165) is 6.42 Å². The van der Waals surface area contributed by atoms with Crippen LogP contribution in [0.1, 0.15) is 26.2 Å². The normalized spacial score (nSPS) is 20.5. The smallest absolute Gasteiger partial charge is 0.316 e. The van der Waals surface area contributed by atoms with Gasteiger partial charge in [-0.25, -0.2) is 0 Å². The Morgan fingerprint density at radius 1 is 1.40 bits per heavy atom. The number of carbonyl (C=O) groups excluding carboxylic acids is 1.